The largest absolute Gasteiger partial charge is 0.433 e. The highest BCUT2D eigenvalue weighted by molar-refractivity contribution is 5.37. The molecule has 1 aliphatic heterocycles. The summed E-state index contributed by atoms with van der Waals surface area (Å²) in [5.74, 6) is 0.0191. The Bertz CT molecular complexity index is 430. The molecule has 0 amide bonds. The van der Waals surface area contributed by atoms with Crippen molar-refractivity contribution >= 4 is 5.95 Å². The van der Waals surface area contributed by atoms with Gasteiger partial charge in [0, 0.05) is 6.20 Å². The number of alkyl halides is 3. The van der Waals surface area contributed by atoms with E-state index in [4.69, 9.17) is 0 Å². The first kappa shape index (κ1) is 13.1. The zero-order valence-electron chi connectivity index (χ0n) is 9.91. The maximum Gasteiger partial charge on any atom is 0.433 e. The fourth-order valence-corrected chi connectivity index (χ4v) is 2.09. The van der Waals surface area contributed by atoms with Gasteiger partial charge in [0.15, 0.2) is 0 Å². The van der Waals surface area contributed by atoms with Gasteiger partial charge in [-0.15, -0.1) is 0 Å². The normalized spacial score (nSPS) is 18.6. The zero-order chi connectivity index (χ0) is 13.4. The van der Waals surface area contributed by atoms with E-state index in [0.717, 1.165) is 18.7 Å². The van der Waals surface area contributed by atoms with Crippen LogP contribution in [0.15, 0.2) is 12.3 Å². The van der Waals surface area contributed by atoms with E-state index in [1.807, 2.05) is 6.92 Å². The molecular weight excluding hydrogens is 247 g/mol. The Hall–Kier alpha value is -1.37. The standard InChI is InChI=1S/C11H14F3N3O/c1-2-4-10(18)6-17(7-10)9-15-5-3-8(16-9)11(12,13)14/h3,5,18H,2,4,6-7H2,1H3. The van der Waals surface area contributed by atoms with Gasteiger partial charge in [-0.1, -0.05) is 13.3 Å². The van der Waals surface area contributed by atoms with Crippen LogP contribution in [-0.2, 0) is 6.18 Å². The van der Waals surface area contributed by atoms with Crippen molar-refractivity contribution in [3.8, 4) is 0 Å². The summed E-state index contributed by atoms with van der Waals surface area (Å²) in [6.45, 7) is 2.51. The second kappa shape index (κ2) is 4.38. The third-order valence-electron chi connectivity index (χ3n) is 2.90. The van der Waals surface area contributed by atoms with E-state index in [1.54, 1.807) is 4.90 Å². The van der Waals surface area contributed by atoms with Crippen molar-refractivity contribution in [2.75, 3.05) is 18.0 Å². The summed E-state index contributed by atoms with van der Waals surface area (Å²) < 4.78 is 37.4. The minimum Gasteiger partial charge on any atom is -0.386 e. The lowest BCUT2D eigenvalue weighted by Gasteiger charge is -2.46. The summed E-state index contributed by atoms with van der Waals surface area (Å²) in [6, 6.07) is 0.835. The van der Waals surface area contributed by atoms with Crippen LogP contribution in [0.3, 0.4) is 0 Å². The Morgan fingerprint density at radius 2 is 2.11 bits per heavy atom. The van der Waals surface area contributed by atoms with Crippen molar-refractivity contribution in [2.45, 2.75) is 31.5 Å². The number of β-amino-alcohol motifs (C(OH)–C–C–N with tert-alkyl or cyclic N) is 1. The average Bonchev–Trinajstić information content (AvgIpc) is 2.25. The topological polar surface area (TPSA) is 49.2 Å². The van der Waals surface area contributed by atoms with Gasteiger partial charge in [-0.3, -0.25) is 0 Å². The van der Waals surface area contributed by atoms with Crippen LogP contribution in [0.1, 0.15) is 25.5 Å². The van der Waals surface area contributed by atoms with Crippen molar-refractivity contribution in [1.29, 1.82) is 0 Å². The van der Waals surface area contributed by atoms with Gasteiger partial charge in [-0.2, -0.15) is 13.2 Å². The van der Waals surface area contributed by atoms with Gasteiger partial charge in [0.25, 0.3) is 0 Å². The Kier molecular flexibility index (Phi) is 3.18. The van der Waals surface area contributed by atoms with Gasteiger partial charge in [-0.25, -0.2) is 9.97 Å². The summed E-state index contributed by atoms with van der Waals surface area (Å²) in [7, 11) is 0. The molecule has 0 bridgehead atoms. The number of aliphatic hydroxyl groups is 1. The Morgan fingerprint density at radius 1 is 1.44 bits per heavy atom. The Balaban J connectivity index is 2.08. The van der Waals surface area contributed by atoms with Crippen LogP contribution < -0.4 is 4.90 Å². The SMILES string of the molecule is CCCC1(O)CN(c2nccc(C(F)(F)F)n2)C1. The molecule has 1 saturated heterocycles. The molecular formula is C11H14F3N3O. The molecule has 0 aliphatic carbocycles. The summed E-state index contributed by atoms with van der Waals surface area (Å²) in [5, 5.41) is 9.95. The highest BCUT2D eigenvalue weighted by Crippen LogP contribution is 2.31. The molecule has 1 aromatic heterocycles. The van der Waals surface area contributed by atoms with Gasteiger partial charge in [-0.05, 0) is 12.5 Å². The Labute approximate surface area is 102 Å². The van der Waals surface area contributed by atoms with Gasteiger partial charge in [0.2, 0.25) is 5.95 Å². The number of hydrogen-bond donors (Lipinski definition) is 1. The molecule has 0 unspecified atom stereocenters. The van der Waals surface area contributed by atoms with Crippen LogP contribution in [0.5, 0.6) is 0 Å². The van der Waals surface area contributed by atoms with Crippen molar-refractivity contribution in [2.24, 2.45) is 0 Å². The highest BCUT2D eigenvalue weighted by atomic mass is 19.4. The molecule has 7 heteroatoms. The van der Waals surface area contributed by atoms with E-state index in [1.165, 1.54) is 0 Å². The third kappa shape index (κ3) is 2.55. The third-order valence-corrected chi connectivity index (χ3v) is 2.90. The monoisotopic (exact) mass is 261 g/mol. The van der Waals surface area contributed by atoms with Gasteiger partial charge in [0.05, 0.1) is 18.7 Å². The number of nitrogens with zero attached hydrogens (tertiary/aromatic N) is 3. The molecule has 1 N–H and O–H groups in total. The quantitative estimate of drug-likeness (QED) is 0.902. The number of anilines is 1. The van der Waals surface area contributed by atoms with E-state index in [9.17, 15) is 18.3 Å². The van der Waals surface area contributed by atoms with E-state index in [-0.39, 0.29) is 19.0 Å². The van der Waals surface area contributed by atoms with Crippen molar-refractivity contribution in [3.05, 3.63) is 18.0 Å². The molecule has 2 heterocycles. The average molecular weight is 261 g/mol. The van der Waals surface area contributed by atoms with Crippen LogP contribution in [-0.4, -0.2) is 33.8 Å². The summed E-state index contributed by atoms with van der Waals surface area (Å²) in [4.78, 5) is 8.82. The van der Waals surface area contributed by atoms with E-state index >= 15 is 0 Å². The first-order valence-corrected chi connectivity index (χ1v) is 5.72. The molecule has 1 aromatic rings. The molecule has 0 radical (unpaired) electrons. The molecule has 0 aromatic carbocycles. The second-order valence-corrected chi connectivity index (χ2v) is 4.57. The van der Waals surface area contributed by atoms with Gasteiger partial charge in [0.1, 0.15) is 5.69 Å². The highest BCUT2D eigenvalue weighted by Gasteiger charge is 2.42. The number of halogens is 3. The van der Waals surface area contributed by atoms with Gasteiger partial charge >= 0.3 is 6.18 Å². The fourth-order valence-electron chi connectivity index (χ4n) is 2.09. The van der Waals surface area contributed by atoms with Crippen molar-refractivity contribution in [3.63, 3.8) is 0 Å². The zero-order valence-corrected chi connectivity index (χ0v) is 9.91. The molecule has 0 saturated carbocycles. The summed E-state index contributed by atoms with van der Waals surface area (Å²) >= 11 is 0. The molecule has 2 rings (SSSR count). The maximum absolute atomic E-state index is 12.5. The number of hydrogen-bond acceptors (Lipinski definition) is 4. The fraction of sp³-hybridized carbons (Fsp3) is 0.636. The van der Waals surface area contributed by atoms with Crippen molar-refractivity contribution in [1.82, 2.24) is 9.97 Å². The minimum atomic E-state index is -4.47. The van der Waals surface area contributed by atoms with Gasteiger partial charge < -0.3 is 10.0 Å². The predicted molar refractivity (Wildman–Crippen MR) is 59.1 cm³/mol. The molecule has 0 spiro atoms. The number of rotatable bonds is 3. The molecule has 1 fully saturated rings. The maximum atomic E-state index is 12.5. The van der Waals surface area contributed by atoms with Crippen LogP contribution in [0.25, 0.3) is 0 Å². The molecule has 18 heavy (non-hydrogen) atoms. The van der Waals surface area contributed by atoms with E-state index in [0.29, 0.717) is 6.42 Å². The predicted octanol–water partition coefficient (Wildman–Crippen LogP) is 1.85. The minimum absolute atomic E-state index is 0.0191. The van der Waals surface area contributed by atoms with Crippen LogP contribution in [0, 0.1) is 0 Å². The number of aromatic nitrogens is 2. The smallest absolute Gasteiger partial charge is 0.386 e. The summed E-state index contributed by atoms with van der Waals surface area (Å²) in [5.41, 5.74) is -1.77. The van der Waals surface area contributed by atoms with Crippen LogP contribution in [0.2, 0.25) is 0 Å². The summed E-state index contributed by atoms with van der Waals surface area (Å²) in [6.07, 6.45) is -1.93. The second-order valence-electron chi connectivity index (χ2n) is 4.57. The van der Waals surface area contributed by atoms with Crippen LogP contribution in [0.4, 0.5) is 19.1 Å². The lowest BCUT2D eigenvalue weighted by atomic mass is 9.90. The van der Waals surface area contributed by atoms with Crippen molar-refractivity contribution < 1.29 is 18.3 Å². The molecule has 4 nitrogen and oxygen atoms in total. The lowest BCUT2D eigenvalue weighted by molar-refractivity contribution is -0.141. The first-order valence-electron chi connectivity index (χ1n) is 5.72. The van der Waals surface area contributed by atoms with Crippen LogP contribution >= 0.6 is 0 Å². The molecule has 1 aliphatic rings. The lowest BCUT2D eigenvalue weighted by Crippen LogP contribution is -2.62. The molecule has 0 atom stereocenters. The van der Waals surface area contributed by atoms with E-state index in [2.05, 4.69) is 9.97 Å². The molecule has 100 valence electrons. The Morgan fingerprint density at radius 3 is 2.67 bits per heavy atom. The first-order chi connectivity index (χ1) is 8.34. The van der Waals surface area contributed by atoms with E-state index < -0.39 is 17.5 Å².